The van der Waals surface area contributed by atoms with Crippen LogP contribution in [0.15, 0.2) is 54.6 Å². The summed E-state index contributed by atoms with van der Waals surface area (Å²) in [6.07, 6.45) is 1.04. The second-order valence-corrected chi connectivity index (χ2v) is 9.32. The fourth-order valence-corrected chi connectivity index (χ4v) is 4.82. The molecule has 0 radical (unpaired) electrons. The van der Waals surface area contributed by atoms with Crippen LogP contribution in [0.1, 0.15) is 32.3 Å². The minimum Gasteiger partial charge on any atom is -0.350 e. The number of hydrogen-bond acceptors (Lipinski definition) is 4. The highest BCUT2D eigenvalue weighted by Crippen LogP contribution is 2.39. The molecule has 2 aliphatic heterocycles. The number of rotatable bonds is 6. The van der Waals surface area contributed by atoms with Crippen molar-refractivity contribution >= 4 is 23.4 Å². The zero-order chi connectivity index (χ0) is 24.3. The van der Waals surface area contributed by atoms with E-state index in [4.69, 9.17) is 0 Å². The molecule has 2 aromatic carbocycles. The summed E-state index contributed by atoms with van der Waals surface area (Å²) in [4.78, 5) is 44.4. The molecule has 0 saturated carbocycles. The maximum Gasteiger partial charge on any atom is 0.250 e. The number of likely N-dealkylation sites (tertiary alicyclic amines) is 1. The fraction of sp³-hybridized carbons (Fsp3) is 0.423. The van der Waals surface area contributed by atoms with E-state index in [1.54, 1.807) is 17.0 Å². The number of para-hydroxylation sites is 1. The van der Waals surface area contributed by atoms with Crippen molar-refractivity contribution in [1.82, 2.24) is 15.1 Å². The number of anilines is 1. The van der Waals surface area contributed by atoms with E-state index in [-0.39, 0.29) is 42.5 Å². The van der Waals surface area contributed by atoms with Crippen LogP contribution in [-0.4, -0.2) is 59.4 Å². The Hall–Kier alpha value is -3.42. The highest BCUT2D eigenvalue weighted by molar-refractivity contribution is 5.96. The van der Waals surface area contributed by atoms with Crippen LogP contribution in [0.5, 0.6) is 0 Å². The van der Waals surface area contributed by atoms with Crippen LogP contribution in [0.4, 0.5) is 10.1 Å². The van der Waals surface area contributed by atoms with Gasteiger partial charge in [-0.25, -0.2) is 4.39 Å². The molecule has 0 atom stereocenters. The first-order valence-corrected chi connectivity index (χ1v) is 11.7. The number of hydrogen-bond donors (Lipinski definition) is 1. The van der Waals surface area contributed by atoms with Crippen molar-refractivity contribution < 1.29 is 18.8 Å². The zero-order valence-corrected chi connectivity index (χ0v) is 19.7. The Bertz CT molecular complexity index is 1030. The van der Waals surface area contributed by atoms with E-state index in [2.05, 4.69) is 10.2 Å². The molecule has 0 unspecified atom stereocenters. The predicted molar refractivity (Wildman–Crippen MR) is 127 cm³/mol. The monoisotopic (exact) mass is 466 g/mol. The Morgan fingerprint density at radius 2 is 1.68 bits per heavy atom. The third kappa shape index (κ3) is 4.76. The number of benzene rings is 2. The Kier molecular flexibility index (Phi) is 6.86. The molecule has 8 heteroatoms. The molecular weight excluding hydrogens is 435 g/mol. The van der Waals surface area contributed by atoms with Gasteiger partial charge in [-0.2, -0.15) is 0 Å². The molecule has 180 valence electrons. The Labute approximate surface area is 199 Å². The van der Waals surface area contributed by atoms with E-state index in [1.807, 2.05) is 49.1 Å². The van der Waals surface area contributed by atoms with Gasteiger partial charge in [0.05, 0.1) is 6.67 Å². The van der Waals surface area contributed by atoms with Crippen molar-refractivity contribution in [3.05, 3.63) is 66.0 Å². The third-order valence-electron chi connectivity index (χ3n) is 6.72. The number of nitrogens with zero attached hydrogens (tertiary/aromatic N) is 3. The lowest BCUT2D eigenvalue weighted by Gasteiger charge is -2.43. The summed E-state index contributed by atoms with van der Waals surface area (Å²) in [5.41, 5.74) is 0.938. The van der Waals surface area contributed by atoms with Crippen LogP contribution in [0.25, 0.3) is 0 Å². The Morgan fingerprint density at radius 1 is 1.03 bits per heavy atom. The van der Waals surface area contributed by atoms with Gasteiger partial charge in [-0.3, -0.25) is 14.4 Å². The maximum atomic E-state index is 13.7. The fourth-order valence-electron chi connectivity index (χ4n) is 4.82. The van der Waals surface area contributed by atoms with E-state index >= 15 is 0 Å². The summed E-state index contributed by atoms with van der Waals surface area (Å²) in [6.45, 7) is 5.31. The Morgan fingerprint density at radius 3 is 2.29 bits per heavy atom. The smallest absolute Gasteiger partial charge is 0.250 e. The molecule has 7 nitrogen and oxygen atoms in total. The Balaban J connectivity index is 1.47. The summed E-state index contributed by atoms with van der Waals surface area (Å²) in [7, 11) is 0. The van der Waals surface area contributed by atoms with Gasteiger partial charge >= 0.3 is 0 Å². The summed E-state index contributed by atoms with van der Waals surface area (Å²) in [6, 6.07) is 15.7. The van der Waals surface area contributed by atoms with Crippen LogP contribution in [0.2, 0.25) is 0 Å². The van der Waals surface area contributed by atoms with Crippen molar-refractivity contribution in [3.8, 4) is 0 Å². The van der Waals surface area contributed by atoms with Crippen molar-refractivity contribution in [2.24, 2.45) is 5.92 Å². The lowest BCUT2D eigenvalue weighted by atomic mass is 9.85. The molecule has 2 saturated heterocycles. The second kappa shape index (κ2) is 9.83. The molecule has 0 bridgehead atoms. The molecule has 2 fully saturated rings. The van der Waals surface area contributed by atoms with Crippen LogP contribution in [0, 0.1) is 11.7 Å². The third-order valence-corrected chi connectivity index (χ3v) is 6.72. The molecule has 2 aromatic rings. The van der Waals surface area contributed by atoms with Gasteiger partial charge < -0.3 is 20.0 Å². The van der Waals surface area contributed by atoms with E-state index in [9.17, 15) is 18.8 Å². The molecule has 0 aromatic heterocycles. The van der Waals surface area contributed by atoms with E-state index in [1.165, 1.54) is 12.1 Å². The molecular formula is C26H31FN4O3. The highest BCUT2D eigenvalue weighted by Gasteiger charge is 2.54. The quantitative estimate of drug-likeness (QED) is 0.711. The van der Waals surface area contributed by atoms with Crippen molar-refractivity contribution in [2.75, 3.05) is 31.2 Å². The van der Waals surface area contributed by atoms with Gasteiger partial charge in [-0.15, -0.1) is 0 Å². The lowest BCUT2D eigenvalue weighted by Crippen LogP contribution is -2.57. The normalized spacial score (nSPS) is 17.5. The first-order valence-electron chi connectivity index (χ1n) is 11.7. The number of amides is 3. The minimum absolute atomic E-state index is 0.0558. The molecule has 3 amide bonds. The predicted octanol–water partition coefficient (Wildman–Crippen LogP) is 2.77. The number of carbonyl (C=O) groups excluding carboxylic acids is 3. The highest BCUT2D eigenvalue weighted by atomic mass is 19.1. The van der Waals surface area contributed by atoms with Gasteiger partial charge in [-0.1, -0.05) is 44.2 Å². The van der Waals surface area contributed by atoms with E-state index in [0.29, 0.717) is 32.6 Å². The summed E-state index contributed by atoms with van der Waals surface area (Å²) in [5, 5.41) is 2.82. The van der Waals surface area contributed by atoms with E-state index < -0.39 is 5.54 Å². The summed E-state index contributed by atoms with van der Waals surface area (Å²) >= 11 is 0. The van der Waals surface area contributed by atoms with Gasteiger partial charge in [-0.05, 0) is 42.7 Å². The molecule has 2 heterocycles. The van der Waals surface area contributed by atoms with Crippen LogP contribution < -0.4 is 10.2 Å². The zero-order valence-electron chi connectivity index (χ0n) is 19.7. The minimum atomic E-state index is -0.771. The molecule has 1 N–H and O–H groups in total. The summed E-state index contributed by atoms with van der Waals surface area (Å²) in [5.74, 6) is -0.659. The first kappa shape index (κ1) is 23.7. The molecule has 1 spiro atoms. The van der Waals surface area contributed by atoms with Crippen LogP contribution >= 0.6 is 0 Å². The topological polar surface area (TPSA) is 73.0 Å². The maximum absolute atomic E-state index is 13.7. The molecule has 0 aliphatic carbocycles. The SMILES string of the molecule is CC(C)C(=O)N1CCC2(CC1)C(=O)N(CC(=O)NCc1ccc(F)cc1)CN2c1ccccc1. The molecule has 4 rings (SSSR count). The van der Waals surface area contributed by atoms with Gasteiger partial charge in [0.1, 0.15) is 17.9 Å². The number of carbonyl (C=O) groups is 3. The second-order valence-electron chi connectivity index (χ2n) is 9.32. The average Bonchev–Trinajstić information content (AvgIpc) is 3.10. The summed E-state index contributed by atoms with van der Waals surface area (Å²) < 4.78 is 13.1. The van der Waals surface area contributed by atoms with Crippen molar-refractivity contribution in [3.63, 3.8) is 0 Å². The number of halogens is 1. The van der Waals surface area contributed by atoms with Gasteiger partial charge in [0, 0.05) is 31.2 Å². The molecule has 2 aliphatic rings. The number of piperidine rings is 1. The standard InChI is InChI=1S/C26H31FN4O3/c1-19(2)24(33)29-14-12-26(13-15-29)25(34)30(18-31(26)22-6-4-3-5-7-22)17-23(32)28-16-20-8-10-21(27)11-9-20/h3-11,19H,12-18H2,1-2H3,(H,28,32). The van der Waals surface area contributed by atoms with Crippen LogP contribution in [-0.2, 0) is 20.9 Å². The van der Waals surface area contributed by atoms with Crippen molar-refractivity contribution in [2.45, 2.75) is 38.8 Å². The molecule has 34 heavy (non-hydrogen) atoms. The van der Waals surface area contributed by atoms with Gasteiger partial charge in [0.2, 0.25) is 11.8 Å². The van der Waals surface area contributed by atoms with Gasteiger partial charge in [0.25, 0.3) is 5.91 Å². The van der Waals surface area contributed by atoms with E-state index in [0.717, 1.165) is 11.3 Å². The lowest BCUT2D eigenvalue weighted by molar-refractivity contribution is -0.141. The van der Waals surface area contributed by atoms with Crippen LogP contribution in [0.3, 0.4) is 0 Å². The largest absolute Gasteiger partial charge is 0.350 e. The number of nitrogens with one attached hydrogen (secondary N) is 1. The van der Waals surface area contributed by atoms with Crippen molar-refractivity contribution in [1.29, 1.82) is 0 Å². The van der Waals surface area contributed by atoms with Gasteiger partial charge in [0.15, 0.2) is 0 Å². The first-order chi connectivity index (χ1) is 16.3. The average molecular weight is 467 g/mol.